The van der Waals surface area contributed by atoms with Gasteiger partial charge in [0.1, 0.15) is 0 Å². The molecular weight excluding hydrogens is 556 g/mol. The second-order valence-corrected chi connectivity index (χ2v) is 10.2. The zero-order chi connectivity index (χ0) is 31.2. The summed E-state index contributed by atoms with van der Waals surface area (Å²) in [4.78, 5) is 62.5. The molecule has 5 rings (SSSR count). The van der Waals surface area contributed by atoms with Crippen LogP contribution in [0, 0.1) is 0 Å². The minimum atomic E-state index is -2.54. The number of H-pyrrole nitrogens is 2. The maximum Gasteiger partial charge on any atom is 0.372 e. The lowest BCUT2D eigenvalue weighted by Gasteiger charge is -2.37. The summed E-state index contributed by atoms with van der Waals surface area (Å²) in [6.07, 6.45) is 0.259. The van der Waals surface area contributed by atoms with Crippen LogP contribution < -0.4 is 0 Å². The van der Waals surface area contributed by atoms with E-state index in [9.17, 15) is 49.5 Å². The van der Waals surface area contributed by atoms with Gasteiger partial charge in [0, 0.05) is 40.8 Å². The Bertz CT molecular complexity index is 1750. The van der Waals surface area contributed by atoms with Gasteiger partial charge in [0.05, 0.1) is 11.6 Å². The van der Waals surface area contributed by atoms with Crippen molar-refractivity contribution in [3.05, 3.63) is 71.5 Å². The molecule has 0 bridgehead atoms. The molecule has 2 aromatic carbocycles. The molecule has 42 heavy (non-hydrogen) atoms. The van der Waals surface area contributed by atoms with Crippen LogP contribution in [0.4, 0.5) is 0 Å². The summed E-state index contributed by atoms with van der Waals surface area (Å²) < 4.78 is 0. The zero-order valence-electron chi connectivity index (χ0n) is 21.9. The van der Waals surface area contributed by atoms with Gasteiger partial charge in [-0.2, -0.15) is 0 Å². The molecule has 220 valence electrons. The average Bonchev–Trinajstić information content (AvgIpc) is 3.51. The summed E-state index contributed by atoms with van der Waals surface area (Å²) in [6, 6.07) is 13.5. The number of ketones is 1. The molecule has 1 aliphatic rings. The van der Waals surface area contributed by atoms with Crippen molar-refractivity contribution in [1.82, 2.24) is 9.97 Å². The van der Waals surface area contributed by atoms with Crippen molar-refractivity contribution in [2.24, 2.45) is 0 Å². The molecule has 1 aliphatic carbocycles. The first-order valence-electron chi connectivity index (χ1n) is 12.3. The van der Waals surface area contributed by atoms with Gasteiger partial charge in [-0.15, -0.1) is 0 Å². The van der Waals surface area contributed by atoms with Gasteiger partial charge in [-0.3, -0.25) is 4.79 Å². The third kappa shape index (κ3) is 4.87. The summed E-state index contributed by atoms with van der Waals surface area (Å²) in [5.74, 6) is -9.73. The molecular formula is C28H26N2O12. The minimum absolute atomic E-state index is 0.0297. The number of aromatic amines is 2. The highest BCUT2D eigenvalue weighted by atomic mass is 16.4. The van der Waals surface area contributed by atoms with E-state index in [2.05, 4.69) is 9.97 Å². The van der Waals surface area contributed by atoms with Crippen molar-refractivity contribution in [2.45, 2.75) is 42.5 Å². The predicted molar refractivity (Wildman–Crippen MR) is 143 cm³/mol. The van der Waals surface area contributed by atoms with Crippen molar-refractivity contribution in [3.8, 4) is 0 Å². The Balaban J connectivity index is 0.000000193. The molecule has 9 N–H and O–H groups in total. The highest BCUT2D eigenvalue weighted by molar-refractivity contribution is 6.36. The van der Waals surface area contributed by atoms with Crippen molar-refractivity contribution in [1.29, 1.82) is 0 Å². The van der Waals surface area contributed by atoms with E-state index in [0.29, 0.717) is 27.4 Å². The molecule has 0 saturated carbocycles. The van der Waals surface area contributed by atoms with Crippen LogP contribution in [0.25, 0.3) is 21.8 Å². The number of rotatable bonds is 7. The van der Waals surface area contributed by atoms with Crippen LogP contribution in [0.5, 0.6) is 0 Å². The molecule has 0 radical (unpaired) electrons. The van der Waals surface area contributed by atoms with Crippen LogP contribution in [0.3, 0.4) is 0 Å². The van der Waals surface area contributed by atoms with Crippen LogP contribution in [0.15, 0.2) is 54.7 Å². The standard InChI is InChI=1S/2C14H13NO6/c16-11(17)13(20)5-8-7-3-1-2-4-9(7)15-10(8)14(21,6-13)12(18)19;1-14(21,13(19)20)10(11(16)12(17)18)8-6-15-9-5-3-2-4-7(8)9/h1-4,15,20-21H,5-6H2,(H,16,17)(H,18,19);2-6,10,15,21H,1H3,(H,17,18)(H,19,20). The monoisotopic (exact) mass is 582 g/mol. The van der Waals surface area contributed by atoms with E-state index in [1.54, 1.807) is 48.5 Å². The second kappa shape index (κ2) is 10.4. The molecule has 0 spiro atoms. The van der Waals surface area contributed by atoms with Gasteiger partial charge in [0.25, 0.3) is 5.78 Å². The maximum absolute atomic E-state index is 11.9. The van der Waals surface area contributed by atoms with Gasteiger partial charge < -0.3 is 45.7 Å². The normalized spacial score (nSPS) is 21.8. The fourth-order valence-corrected chi connectivity index (χ4v) is 5.22. The van der Waals surface area contributed by atoms with Crippen LogP contribution in [0.1, 0.15) is 36.1 Å². The maximum atomic E-state index is 11.9. The van der Waals surface area contributed by atoms with Crippen molar-refractivity contribution < 1.29 is 59.7 Å². The number of hydrogen-bond acceptors (Lipinski definition) is 8. The van der Waals surface area contributed by atoms with E-state index in [1.807, 2.05) is 0 Å². The van der Waals surface area contributed by atoms with Crippen LogP contribution >= 0.6 is 0 Å². The van der Waals surface area contributed by atoms with E-state index in [1.165, 1.54) is 6.20 Å². The Morgan fingerprint density at radius 1 is 0.857 bits per heavy atom. The Morgan fingerprint density at radius 2 is 1.43 bits per heavy atom. The highest BCUT2D eigenvalue weighted by Crippen LogP contribution is 2.43. The molecule has 14 heteroatoms. The molecule has 4 atom stereocenters. The Hall–Kier alpha value is -5.05. The molecule has 0 amide bonds. The first-order chi connectivity index (χ1) is 19.5. The summed E-state index contributed by atoms with van der Waals surface area (Å²) >= 11 is 0. The third-order valence-electron chi connectivity index (χ3n) is 7.40. The fraction of sp³-hybridized carbons (Fsp3) is 0.250. The zero-order valence-corrected chi connectivity index (χ0v) is 21.9. The van der Waals surface area contributed by atoms with Crippen molar-refractivity contribution >= 4 is 51.5 Å². The SMILES string of the molecule is CC(O)(C(=O)O)C(C(=O)C(=O)O)c1c[nH]c2ccccc12.O=C(O)C1(O)Cc2c([nH]c3ccccc23)C(O)(C(=O)O)C1. The summed E-state index contributed by atoms with van der Waals surface area (Å²) in [7, 11) is 0. The third-order valence-corrected chi connectivity index (χ3v) is 7.40. The number of aliphatic hydroxyl groups is 3. The first-order valence-corrected chi connectivity index (χ1v) is 12.3. The van der Waals surface area contributed by atoms with Crippen LogP contribution in [-0.4, -0.2) is 86.6 Å². The van der Waals surface area contributed by atoms with E-state index in [4.69, 9.17) is 10.2 Å². The van der Waals surface area contributed by atoms with Gasteiger partial charge >= 0.3 is 23.9 Å². The van der Waals surface area contributed by atoms with Gasteiger partial charge in [0.2, 0.25) is 5.60 Å². The number of carbonyl (C=O) groups is 5. The van der Waals surface area contributed by atoms with Gasteiger partial charge in [-0.25, -0.2) is 19.2 Å². The number of para-hydroxylation sites is 2. The first kappa shape index (κ1) is 29.9. The number of carbonyl (C=O) groups excluding carboxylic acids is 1. The molecule has 2 heterocycles. The minimum Gasteiger partial charge on any atom is -0.479 e. The quantitative estimate of drug-likeness (QED) is 0.138. The smallest absolute Gasteiger partial charge is 0.372 e. The number of Topliss-reactive ketones (excluding diaryl/α,β-unsaturated/α-hetero) is 1. The fourth-order valence-electron chi connectivity index (χ4n) is 5.22. The number of carboxylic acid groups (broad SMARTS) is 4. The number of nitrogens with one attached hydrogen (secondary N) is 2. The predicted octanol–water partition coefficient (Wildman–Crippen LogP) is 0.943. The number of aromatic nitrogens is 2. The number of fused-ring (bicyclic) bond motifs is 4. The lowest BCUT2D eigenvalue weighted by molar-refractivity contribution is -0.181. The number of aliphatic carboxylic acids is 4. The lowest BCUT2D eigenvalue weighted by Crippen LogP contribution is -2.54. The molecule has 4 aromatic rings. The van der Waals surface area contributed by atoms with Crippen molar-refractivity contribution in [3.63, 3.8) is 0 Å². The van der Waals surface area contributed by atoms with E-state index >= 15 is 0 Å². The summed E-state index contributed by atoms with van der Waals surface area (Å²) in [6.45, 7) is 0.905. The molecule has 0 saturated heterocycles. The molecule has 0 aliphatic heterocycles. The summed E-state index contributed by atoms with van der Waals surface area (Å²) in [5, 5.41) is 68.3. The Kier molecular flexibility index (Phi) is 7.42. The topological polar surface area (TPSA) is 259 Å². The highest BCUT2D eigenvalue weighted by Gasteiger charge is 2.56. The molecule has 0 fully saturated rings. The van der Waals surface area contributed by atoms with E-state index in [-0.39, 0.29) is 17.7 Å². The number of benzene rings is 2. The lowest BCUT2D eigenvalue weighted by atomic mass is 9.73. The van der Waals surface area contributed by atoms with E-state index in [0.717, 1.165) is 6.92 Å². The molecule has 14 nitrogen and oxygen atoms in total. The molecule has 4 unspecified atom stereocenters. The number of hydrogen-bond donors (Lipinski definition) is 9. The van der Waals surface area contributed by atoms with Gasteiger partial charge in [0.15, 0.2) is 11.2 Å². The molecule has 2 aromatic heterocycles. The second-order valence-electron chi connectivity index (χ2n) is 10.2. The van der Waals surface area contributed by atoms with Crippen LogP contribution in [-0.2, 0) is 36.0 Å². The largest absolute Gasteiger partial charge is 0.479 e. The van der Waals surface area contributed by atoms with Crippen molar-refractivity contribution in [2.75, 3.05) is 0 Å². The average molecular weight is 583 g/mol. The van der Waals surface area contributed by atoms with E-state index < -0.39 is 58.8 Å². The summed E-state index contributed by atoms with van der Waals surface area (Å²) in [5.41, 5.74) is -5.68. The Labute approximate surface area is 235 Å². The van der Waals surface area contributed by atoms with Gasteiger partial charge in [-0.05, 0) is 30.2 Å². The van der Waals surface area contributed by atoms with Crippen LogP contribution in [0.2, 0.25) is 0 Å². The Morgan fingerprint density at radius 3 is 1.98 bits per heavy atom. The van der Waals surface area contributed by atoms with Gasteiger partial charge in [-0.1, -0.05) is 36.4 Å². The number of carboxylic acids is 4.